The van der Waals surface area contributed by atoms with Gasteiger partial charge in [0, 0.05) is 31.1 Å². The molecule has 1 aromatic rings. The normalized spacial score (nSPS) is 13.1. The van der Waals surface area contributed by atoms with Crippen LogP contribution in [0.5, 0.6) is 0 Å². The van der Waals surface area contributed by atoms with Crippen molar-refractivity contribution in [1.82, 2.24) is 4.98 Å². The molecule has 0 saturated heterocycles. The first-order chi connectivity index (χ1) is 7.17. The van der Waals surface area contributed by atoms with E-state index in [1.165, 1.54) is 0 Å². The van der Waals surface area contributed by atoms with E-state index in [1.54, 1.807) is 26.6 Å². The van der Waals surface area contributed by atoms with Crippen molar-refractivity contribution in [2.75, 3.05) is 14.2 Å². The van der Waals surface area contributed by atoms with E-state index in [1.807, 2.05) is 6.07 Å². The number of halogens is 1. The zero-order valence-corrected chi connectivity index (χ0v) is 10.4. The van der Waals surface area contributed by atoms with Gasteiger partial charge in [-0.25, -0.2) is 0 Å². The van der Waals surface area contributed by atoms with Crippen molar-refractivity contribution in [2.24, 2.45) is 5.73 Å². The Morgan fingerprint density at radius 2 is 2.07 bits per heavy atom. The van der Waals surface area contributed by atoms with E-state index >= 15 is 0 Å². The van der Waals surface area contributed by atoms with Gasteiger partial charge in [-0.15, -0.1) is 0 Å². The van der Waals surface area contributed by atoms with Crippen LogP contribution in [0.4, 0.5) is 0 Å². The van der Waals surface area contributed by atoms with Gasteiger partial charge in [0.05, 0.1) is 6.04 Å². The molecule has 0 aliphatic carbocycles. The number of rotatable bonds is 5. The van der Waals surface area contributed by atoms with E-state index in [0.29, 0.717) is 6.42 Å². The van der Waals surface area contributed by atoms with Crippen LogP contribution < -0.4 is 5.73 Å². The molecular weight excluding hydrogens is 260 g/mol. The molecule has 0 aromatic carbocycles. The van der Waals surface area contributed by atoms with Gasteiger partial charge in [-0.05, 0) is 34.0 Å². The number of ether oxygens (including phenoxy) is 2. The summed E-state index contributed by atoms with van der Waals surface area (Å²) < 4.78 is 11.1. The number of pyridine rings is 1. The summed E-state index contributed by atoms with van der Waals surface area (Å²) in [5.41, 5.74) is 6.98. The Kier molecular flexibility index (Phi) is 5.17. The second-order valence-corrected chi connectivity index (χ2v) is 4.13. The van der Waals surface area contributed by atoms with Crippen molar-refractivity contribution >= 4 is 15.9 Å². The monoisotopic (exact) mass is 274 g/mol. The van der Waals surface area contributed by atoms with Gasteiger partial charge in [-0.2, -0.15) is 0 Å². The SMILES string of the molecule is COC(OC)C(N)Cc1cncc(Br)c1. The van der Waals surface area contributed by atoms with Gasteiger partial charge < -0.3 is 15.2 Å². The number of hydrogen-bond donors (Lipinski definition) is 1. The van der Waals surface area contributed by atoms with Crippen molar-refractivity contribution in [3.05, 3.63) is 28.5 Å². The summed E-state index contributed by atoms with van der Waals surface area (Å²) in [6, 6.07) is 1.78. The zero-order valence-electron chi connectivity index (χ0n) is 8.81. The van der Waals surface area contributed by atoms with E-state index in [2.05, 4.69) is 20.9 Å². The molecule has 84 valence electrons. The van der Waals surface area contributed by atoms with Crippen molar-refractivity contribution in [3.63, 3.8) is 0 Å². The number of nitrogens with zero attached hydrogens (tertiary/aromatic N) is 1. The van der Waals surface area contributed by atoms with Crippen molar-refractivity contribution < 1.29 is 9.47 Å². The van der Waals surface area contributed by atoms with Crippen LogP contribution in [0.15, 0.2) is 22.9 Å². The van der Waals surface area contributed by atoms with E-state index in [4.69, 9.17) is 15.2 Å². The Bertz CT molecular complexity index is 305. The molecule has 0 spiro atoms. The summed E-state index contributed by atoms with van der Waals surface area (Å²) in [6.07, 6.45) is 3.80. The van der Waals surface area contributed by atoms with Gasteiger partial charge in [0.15, 0.2) is 6.29 Å². The first-order valence-electron chi connectivity index (χ1n) is 4.58. The molecule has 1 unspecified atom stereocenters. The van der Waals surface area contributed by atoms with Gasteiger partial charge in [-0.1, -0.05) is 0 Å². The molecule has 0 bridgehead atoms. The number of hydrogen-bond acceptors (Lipinski definition) is 4. The lowest BCUT2D eigenvalue weighted by Gasteiger charge is -2.20. The molecule has 15 heavy (non-hydrogen) atoms. The summed E-state index contributed by atoms with van der Waals surface area (Å²) in [4.78, 5) is 4.06. The molecule has 1 rings (SSSR count). The van der Waals surface area contributed by atoms with Crippen LogP contribution in [0.2, 0.25) is 0 Å². The van der Waals surface area contributed by atoms with Gasteiger partial charge in [-0.3, -0.25) is 4.98 Å². The molecule has 0 fully saturated rings. The molecule has 0 aliphatic heterocycles. The minimum absolute atomic E-state index is 0.198. The summed E-state index contributed by atoms with van der Waals surface area (Å²) in [5, 5.41) is 0. The predicted molar refractivity (Wildman–Crippen MR) is 61.4 cm³/mol. The van der Waals surface area contributed by atoms with Crippen molar-refractivity contribution in [2.45, 2.75) is 18.8 Å². The van der Waals surface area contributed by atoms with Crippen LogP contribution in [0.25, 0.3) is 0 Å². The van der Waals surface area contributed by atoms with Crippen LogP contribution in [0.1, 0.15) is 5.56 Å². The minimum Gasteiger partial charge on any atom is -0.354 e. The third-order valence-electron chi connectivity index (χ3n) is 2.05. The third-order valence-corrected chi connectivity index (χ3v) is 2.48. The Balaban J connectivity index is 2.61. The highest BCUT2D eigenvalue weighted by atomic mass is 79.9. The average Bonchev–Trinajstić information content (AvgIpc) is 2.19. The summed E-state index contributed by atoms with van der Waals surface area (Å²) >= 11 is 3.36. The molecule has 0 aliphatic rings. The van der Waals surface area contributed by atoms with Crippen molar-refractivity contribution in [1.29, 1.82) is 0 Å². The lowest BCUT2D eigenvalue weighted by atomic mass is 10.1. The van der Waals surface area contributed by atoms with Crippen LogP contribution in [-0.4, -0.2) is 31.5 Å². The van der Waals surface area contributed by atoms with Gasteiger partial charge >= 0.3 is 0 Å². The fraction of sp³-hybridized carbons (Fsp3) is 0.500. The Morgan fingerprint density at radius 1 is 1.40 bits per heavy atom. The van der Waals surface area contributed by atoms with E-state index in [-0.39, 0.29) is 12.3 Å². The third kappa shape index (κ3) is 3.87. The summed E-state index contributed by atoms with van der Waals surface area (Å²) in [7, 11) is 3.15. The smallest absolute Gasteiger partial charge is 0.172 e. The quantitative estimate of drug-likeness (QED) is 0.824. The Labute approximate surface area is 97.9 Å². The largest absolute Gasteiger partial charge is 0.354 e. The molecule has 2 N–H and O–H groups in total. The topological polar surface area (TPSA) is 57.4 Å². The summed E-state index contributed by atoms with van der Waals surface area (Å²) in [6.45, 7) is 0. The average molecular weight is 275 g/mol. The molecule has 5 heteroatoms. The lowest BCUT2D eigenvalue weighted by Crippen LogP contribution is -2.39. The maximum atomic E-state index is 5.93. The fourth-order valence-electron chi connectivity index (χ4n) is 1.38. The second-order valence-electron chi connectivity index (χ2n) is 3.22. The molecular formula is C10H15BrN2O2. The minimum atomic E-state index is -0.385. The number of methoxy groups -OCH3 is 2. The molecule has 4 nitrogen and oxygen atoms in total. The predicted octanol–water partition coefficient (Wildman–Crippen LogP) is 1.33. The summed E-state index contributed by atoms with van der Waals surface area (Å²) in [5.74, 6) is 0. The fourth-order valence-corrected chi connectivity index (χ4v) is 1.79. The first kappa shape index (κ1) is 12.6. The molecule has 1 heterocycles. The zero-order chi connectivity index (χ0) is 11.3. The maximum absolute atomic E-state index is 5.93. The highest BCUT2D eigenvalue weighted by molar-refractivity contribution is 9.10. The maximum Gasteiger partial charge on any atom is 0.172 e. The van der Waals surface area contributed by atoms with Crippen LogP contribution >= 0.6 is 15.9 Å². The van der Waals surface area contributed by atoms with E-state index in [0.717, 1.165) is 10.0 Å². The van der Waals surface area contributed by atoms with Gasteiger partial charge in [0.1, 0.15) is 0 Å². The van der Waals surface area contributed by atoms with E-state index in [9.17, 15) is 0 Å². The van der Waals surface area contributed by atoms with Crippen LogP contribution in [-0.2, 0) is 15.9 Å². The molecule has 0 radical (unpaired) electrons. The number of nitrogens with two attached hydrogens (primary N) is 1. The molecule has 0 amide bonds. The van der Waals surface area contributed by atoms with Crippen molar-refractivity contribution in [3.8, 4) is 0 Å². The Morgan fingerprint density at radius 3 is 2.60 bits per heavy atom. The highest BCUT2D eigenvalue weighted by Gasteiger charge is 2.16. The molecule has 1 aromatic heterocycles. The van der Waals surface area contributed by atoms with Gasteiger partial charge in [0.25, 0.3) is 0 Å². The van der Waals surface area contributed by atoms with E-state index < -0.39 is 0 Å². The molecule has 1 atom stereocenters. The second kappa shape index (κ2) is 6.17. The van der Waals surface area contributed by atoms with Gasteiger partial charge in [0.2, 0.25) is 0 Å². The lowest BCUT2D eigenvalue weighted by molar-refractivity contribution is -0.115. The van der Waals surface area contributed by atoms with Crippen LogP contribution in [0.3, 0.4) is 0 Å². The number of aromatic nitrogens is 1. The molecule has 0 saturated carbocycles. The Hall–Kier alpha value is -0.490. The van der Waals surface area contributed by atoms with Crippen LogP contribution in [0, 0.1) is 0 Å². The highest BCUT2D eigenvalue weighted by Crippen LogP contribution is 2.12. The first-order valence-corrected chi connectivity index (χ1v) is 5.37. The standard InChI is InChI=1S/C10H15BrN2O2/c1-14-10(15-2)9(12)4-7-3-8(11)6-13-5-7/h3,5-6,9-10H,4,12H2,1-2H3.